The molecular weight excluding hydrogens is 1220 g/mol. The Balaban J connectivity index is 0.650. The molecule has 0 fully saturated rings. The molecule has 0 radical (unpaired) electrons. The zero-order valence-corrected chi connectivity index (χ0v) is 51.9. The van der Waals surface area contributed by atoms with E-state index in [4.69, 9.17) is 53.1 Å². The summed E-state index contributed by atoms with van der Waals surface area (Å²) in [5.41, 5.74) is 13.1. The minimum atomic E-state index is -0.102. The van der Waals surface area contributed by atoms with Gasteiger partial charge in [-0.2, -0.15) is 0 Å². The van der Waals surface area contributed by atoms with E-state index in [9.17, 15) is 0 Å². The number of hydrogen-bond donors (Lipinski definition) is 0. The Labute approximate surface area is 545 Å². The Bertz CT molecular complexity index is 6480. The van der Waals surface area contributed by atoms with Crippen molar-refractivity contribution in [2.24, 2.45) is 0 Å². The van der Waals surface area contributed by atoms with Crippen LogP contribution in [0.15, 0.2) is 250 Å². The van der Waals surface area contributed by atoms with E-state index in [-0.39, 0.29) is 5.92 Å². The second kappa shape index (κ2) is 20.9. The minimum absolute atomic E-state index is 0.102. The highest BCUT2D eigenvalue weighted by atomic mass is 32.1. The predicted octanol–water partition coefficient (Wildman–Crippen LogP) is 20.3. The molecule has 0 N–H and O–H groups in total. The molecule has 1 atom stereocenters. The van der Waals surface area contributed by atoms with E-state index in [0.29, 0.717) is 52.3 Å². The molecule has 0 amide bonds. The van der Waals surface area contributed by atoms with Crippen LogP contribution in [0.1, 0.15) is 18.2 Å². The number of hydrogen-bond acceptors (Lipinski definition) is 14. The Morgan fingerprint density at radius 3 is 1.60 bits per heavy atom. The second-order valence-electron chi connectivity index (χ2n) is 23.7. The topological polar surface area (TPSA) is 143 Å². The molecule has 0 saturated carbocycles. The standard InChI is InChI=1S/C80H44N8O3S3/c1-2-13-43(14-3-1)73-83-75(47-27-32-52-51-17-4-7-24-63(51)89-66(52)41-47)87-77(85-73)57-21-11-19-56-60-39-50(31-36-69(60)93-71(56)57)80-82-62-40-45(29-34-65(62)91-80)44-15-10-16-46(37-44)74-84-76(48-28-33-54-53-18-5-9-26-67(53)92-70(54)42-48)88-78(86-74)58-22-12-20-55-59-38-49(30-35-68(59)94-72(55)58)79-81-61-23-6-8-25-64(61)90-79/h1-26,28-42,47H,27H2. The SMILES string of the molecule is C1=c2oc3ccccc3c2=CCC1c1nc(-c2ccccc2)nc(-c2cccc3c2sc2ccc(-c4nc5cc(-c6cccc(-c7nc(-c8ccc9c(c8)sc8ccccc89)nc(-c8cccc9c8sc8ccc(-c%10nc%11ccccc%11o%10)cc89)n7)c6)ccc5o4)cc23)n1. The third-order valence-corrected chi connectivity index (χ3v) is 21.6. The van der Waals surface area contributed by atoms with E-state index in [0.717, 1.165) is 135 Å². The van der Waals surface area contributed by atoms with Crippen molar-refractivity contribution in [1.82, 2.24) is 39.9 Å². The van der Waals surface area contributed by atoms with E-state index < -0.39 is 0 Å². The zero-order valence-electron chi connectivity index (χ0n) is 49.5. The first kappa shape index (κ1) is 53.0. The van der Waals surface area contributed by atoms with Crippen LogP contribution in [0.5, 0.6) is 0 Å². The smallest absolute Gasteiger partial charge is 0.227 e. The highest BCUT2D eigenvalue weighted by molar-refractivity contribution is 7.27. The molecule has 0 aliphatic heterocycles. The molecule has 19 aromatic rings. The number of furan rings is 1. The normalized spacial score (nSPS) is 13.3. The van der Waals surface area contributed by atoms with Crippen LogP contribution in [0.4, 0.5) is 0 Å². The molecule has 0 saturated heterocycles. The lowest BCUT2D eigenvalue weighted by molar-refractivity contribution is 0.568. The number of fused-ring (bicyclic) bond motifs is 14. The van der Waals surface area contributed by atoms with Crippen LogP contribution in [-0.4, -0.2) is 39.9 Å². The van der Waals surface area contributed by atoms with Crippen molar-refractivity contribution in [1.29, 1.82) is 0 Å². The van der Waals surface area contributed by atoms with Crippen molar-refractivity contribution in [2.75, 3.05) is 0 Å². The Kier molecular flexibility index (Phi) is 11.8. The Morgan fingerprint density at radius 1 is 0.309 bits per heavy atom. The third kappa shape index (κ3) is 8.75. The quantitative estimate of drug-likeness (QED) is 0.136. The number of aromatic nitrogens is 8. The summed E-state index contributed by atoms with van der Waals surface area (Å²) in [4.78, 5) is 41.5. The van der Waals surface area contributed by atoms with E-state index in [1.165, 1.54) is 20.2 Å². The summed E-state index contributed by atoms with van der Waals surface area (Å²) in [6, 6.07) is 81.6. The molecule has 440 valence electrons. The number of oxazole rings is 2. The van der Waals surface area contributed by atoms with Crippen LogP contribution in [0.25, 0.3) is 197 Å². The van der Waals surface area contributed by atoms with E-state index >= 15 is 0 Å². The molecule has 20 rings (SSSR count). The number of para-hydroxylation sites is 3. The fourth-order valence-corrected chi connectivity index (χ4v) is 16.9. The summed E-state index contributed by atoms with van der Waals surface area (Å²) >= 11 is 5.24. The number of rotatable bonds is 9. The maximum atomic E-state index is 6.60. The molecule has 1 unspecified atom stereocenters. The highest BCUT2D eigenvalue weighted by Gasteiger charge is 2.24. The van der Waals surface area contributed by atoms with Gasteiger partial charge in [0.05, 0.1) is 0 Å². The van der Waals surface area contributed by atoms with Crippen LogP contribution in [-0.2, 0) is 0 Å². The van der Waals surface area contributed by atoms with Gasteiger partial charge < -0.3 is 13.3 Å². The molecule has 14 heteroatoms. The van der Waals surface area contributed by atoms with Gasteiger partial charge in [0.25, 0.3) is 0 Å². The van der Waals surface area contributed by atoms with E-state index in [1.807, 2.05) is 72.8 Å². The largest absolute Gasteiger partial charge is 0.456 e. The fourth-order valence-electron chi connectivity index (χ4n) is 13.4. The van der Waals surface area contributed by atoms with Gasteiger partial charge in [-0.1, -0.05) is 146 Å². The van der Waals surface area contributed by atoms with Crippen molar-refractivity contribution < 1.29 is 13.3 Å². The lowest BCUT2D eigenvalue weighted by atomic mass is 9.98. The summed E-state index contributed by atoms with van der Waals surface area (Å²) in [5, 5.41) is 9.11. The summed E-state index contributed by atoms with van der Waals surface area (Å²) in [6.45, 7) is 0. The van der Waals surface area contributed by atoms with Gasteiger partial charge in [-0.15, -0.1) is 34.0 Å². The molecule has 8 heterocycles. The number of benzene rings is 11. The van der Waals surface area contributed by atoms with Crippen LogP contribution in [0, 0.1) is 0 Å². The van der Waals surface area contributed by atoms with Crippen LogP contribution < -0.4 is 10.6 Å². The van der Waals surface area contributed by atoms with Crippen molar-refractivity contribution >= 4 is 140 Å². The van der Waals surface area contributed by atoms with Gasteiger partial charge in [0, 0.05) is 116 Å². The predicted molar refractivity (Wildman–Crippen MR) is 382 cm³/mol. The van der Waals surface area contributed by atoms with Gasteiger partial charge >= 0.3 is 0 Å². The maximum Gasteiger partial charge on any atom is 0.227 e. The number of thiophene rings is 3. The average Bonchev–Trinajstić information content (AvgIpc) is 1.59. The maximum absolute atomic E-state index is 6.60. The van der Waals surface area contributed by atoms with E-state index in [2.05, 4.69) is 176 Å². The summed E-state index contributed by atoms with van der Waals surface area (Å²) in [7, 11) is 0. The zero-order chi connectivity index (χ0) is 61.5. The first-order chi connectivity index (χ1) is 46.5. The molecular formula is C80H44N8O3S3. The van der Waals surface area contributed by atoms with Gasteiger partial charge in [0.1, 0.15) is 27.9 Å². The van der Waals surface area contributed by atoms with Gasteiger partial charge in [-0.3, -0.25) is 0 Å². The average molecular weight is 1260 g/mol. The van der Waals surface area contributed by atoms with Gasteiger partial charge in [0.2, 0.25) is 11.8 Å². The molecule has 8 aromatic heterocycles. The fraction of sp³-hybridized carbons (Fsp3) is 0.0250. The molecule has 0 spiro atoms. The lowest BCUT2D eigenvalue weighted by Gasteiger charge is -2.14. The lowest BCUT2D eigenvalue weighted by Crippen LogP contribution is -2.25. The van der Waals surface area contributed by atoms with Crippen LogP contribution in [0.3, 0.4) is 0 Å². The molecule has 11 nitrogen and oxygen atoms in total. The molecule has 1 aliphatic rings. The van der Waals surface area contributed by atoms with Gasteiger partial charge in [-0.05, 0) is 121 Å². The first-order valence-electron chi connectivity index (χ1n) is 30.9. The third-order valence-electron chi connectivity index (χ3n) is 18.0. The van der Waals surface area contributed by atoms with Crippen LogP contribution in [0.2, 0.25) is 0 Å². The van der Waals surface area contributed by atoms with E-state index in [1.54, 1.807) is 34.0 Å². The summed E-state index contributed by atoms with van der Waals surface area (Å²) in [6.07, 6.45) is 5.16. The van der Waals surface area contributed by atoms with Crippen molar-refractivity contribution in [2.45, 2.75) is 12.3 Å². The first-order valence-corrected chi connectivity index (χ1v) is 33.4. The van der Waals surface area contributed by atoms with Crippen molar-refractivity contribution in [3.8, 4) is 91.0 Å². The van der Waals surface area contributed by atoms with Gasteiger partial charge in [-0.25, -0.2) is 39.9 Å². The molecule has 1 aliphatic carbocycles. The molecule has 94 heavy (non-hydrogen) atoms. The van der Waals surface area contributed by atoms with Crippen molar-refractivity contribution in [3.05, 3.63) is 253 Å². The monoisotopic (exact) mass is 1260 g/mol. The molecule has 0 bridgehead atoms. The Hall–Kier alpha value is -11.7. The minimum Gasteiger partial charge on any atom is -0.456 e. The van der Waals surface area contributed by atoms with Crippen LogP contribution >= 0.6 is 34.0 Å². The highest BCUT2D eigenvalue weighted by Crippen LogP contribution is 2.45. The summed E-state index contributed by atoms with van der Waals surface area (Å²) < 4.78 is 26.1. The van der Waals surface area contributed by atoms with Crippen molar-refractivity contribution in [3.63, 3.8) is 0 Å². The molecule has 11 aromatic carbocycles. The second-order valence-corrected chi connectivity index (χ2v) is 26.9. The summed E-state index contributed by atoms with van der Waals surface area (Å²) in [5.74, 6) is 4.74. The number of nitrogens with zero attached hydrogens (tertiary/aromatic N) is 8. The van der Waals surface area contributed by atoms with Gasteiger partial charge in [0.15, 0.2) is 40.3 Å². The Morgan fingerprint density at radius 2 is 0.840 bits per heavy atom.